The molecule has 0 aliphatic heterocycles. The highest BCUT2D eigenvalue weighted by atomic mass is 19.4. The van der Waals surface area contributed by atoms with Crippen molar-refractivity contribution in [3.8, 4) is 17.1 Å². The van der Waals surface area contributed by atoms with E-state index in [0.717, 1.165) is 10.7 Å². The van der Waals surface area contributed by atoms with Crippen molar-refractivity contribution in [3.05, 3.63) is 53.2 Å². The minimum absolute atomic E-state index is 0.0533. The zero-order chi connectivity index (χ0) is 24.4. The van der Waals surface area contributed by atoms with Crippen molar-refractivity contribution in [2.45, 2.75) is 25.3 Å². The van der Waals surface area contributed by atoms with E-state index in [4.69, 9.17) is 9.26 Å². The summed E-state index contributed by atoms with van der Waals surface area (Å²) < 4.78 is 87.4. The molecule has 0 saturated carbocycles. The van der Waals surface area contributed by atoms with E-state index in [1.807, 2.05) is 0 Å². The fourth-order valence-electron chi connectivity index (χ4n) is 2.70. The molecule has 0 saturated heterocycles. The number of rotatable bonds is 8. The topological polar surface area (TPSA) is 102 Å². The van der Waals surface area contributed by atoms with Gasteiger partial charge in [0.2, 0.25) is 5.88 Å². The fourth-order valence-corrected chi connectivity index (χ4v) is 2.70. The van der Waals surface area contributed by atoms with Gasteiger partial charge in [0.15, 0.2) is 5.76 Å². The minimum Gasteiger partial charge on any atom is -0.471 e. The lowest BCUT2D eigenvalue weighted by molar-refractivity contribution is -0.278. The first kappa shape index (κ1) is 24.1. The highest BCUT2D eigenvalue weighted by Crippen LogP contribution is 2.34. The summed E-state index contributed by atoms with van der Waals surface area (Å²) in [6.45, 7) is -2.75. The Morgan fingerprint density at radius 3 is 2.48 bits per heavy atom. The van der Waals surface area contributed by atoms with Crippen molar-refractivity contribution in [2.24, 2.45) is 7.05 Å². The molecule has 0 spiro atoms. The fraction of sp³-hybridized carbons (Fsp3) is 0.316. The Morgan fingerprint density at radius 1 is 1.21 bits per heavy atom. The van der Waals surface area contributed by atoms with Gasteiger partial charge in [-0.3, -0.25) is 9.48 Å². The van der Waals surface area contributed by atoms with E-state index in [0.29, 0.717) is 11.1 Å². The number of carbonyl (C=O) groups excluding carboxylic acids is 1. The van der Waals surface area contributed by atoms with Gasteiger partial charge in [0.05, 0.1) is 12.1 Å². The first-order valence-electron chi connectivity index (χ1n) is 9.16. The monoisotopic (exact) mass is 478 g/mol. The largest absolute Gasteiger partial charge is 0.471 e. The Labute approximate surface area is 181 Å². The molecule has 2 heterocycles. The number of aliphatic hydroxyl groups excluding tert-OH is 1. The SMILES string of the molecule is Cn1nc(OCc2c(-c3ccc(F)cc3)noc2CO)cc1C(=O)NCC(F)(F)C(F)(F)F. The van der Waals surface area contributed by atoms with Crippen LogP contribution in [-0.2, 0) is 20.3 Å². The Kier molecular flexibility index (Phi) is 6.67. The Bertz CT molecular complexity index is 1120. The van der Waals surface area contributed by atoms with Gasteiger partial charge in [-0.25, -0.2) is 4.39 Å². The predicted octanol–water partition coefficient (Wildman–Crippen LogP) is 3.21. The van der Waals surface area contributed by atoms with Crippen LogP contribution in [0.25, 0.3) is 11.3 Å². The summed E-state index contributed by atoms with van der Waals surface area (Å²) in [5.74, 6) is -6.92. The third-order valence-electron chi connectivity index (χ3n) is 4.47. The third-order valence-corrected chi connectivity index (χ3v) is 4.47. The maximum Gasteiger partial charge on any atom is 0.455 e. The second kappa shape index (κ2) is 9.13. The van der Waals surface area contributed by atoms with E-state index < -0.39 is 37.0 Å². The van der Waals surface area contributed by atoms with Crippen molar-refractivity contribution in [1.29, 1.82) is 0 Å². The molecule has 33 heavy (non-hydrogen) atoms. The van der Waals surface area contributed by atoms with Crippen LogP contribution in [0.15, 0.2) is 34.9 Å². The second-order valence-corrected chi connectivity index (χ2v) is 6.76. The second-order valence-electron chi connectivity index (χ2n) is 6.76. The lowest BCUT2D eigenvalue weighted by atomic mass is 10.1. The summed E-state index contributed by atoms with van der Waals surface area (Å²) >= 11 is 0. The van der Waals surface area contributed by atoms with Gasteiger partial charge < -0.3 is 19.7 Å². The number of nitrogens with zero attached hydrogens (tertiary/aromatic N) is 3. The van der Waals surface area contributed by atoms with Crippen LogP contribution < -0.4 is 10.1 Å². The van der Waals surface area contributed by atoms with Gasteiger partial charge in [0, 0.05) is 18.7 Å². The number of hydrogen-bond acceptors (Lipinski definition) is 6. The third kappa shape index (κ3) is 5.27. The average molecular weight is 478 g/mol. The molecule has 0 fully saturated rings. The number of halogens is 6. The Hall–Kier alpha value is -3.55. The smallest absolute Gasteiger partial charge is 0.455 e. The van der Waals surface area contributed by atoms with E-state index in [-0.39, 0.29) is 29.6 Å². The van der Waals surface area contributed by atoms with E-state index in [9.17, 15) is 36.2 Å². The molecule has 14 heteroatoms. The van der Waals surface area contributed by atoms with E-state index in [1.165, 1.54) is 36.6 Å². The molecular formula is C19H16F6N4O4. The number of hydrogen-bond donors (Lipinski definition) is 2. The quantitative estimate of drug-likeness (QED) is 0.482. The van der Waals surface area contributed by atoms with Crippen LogP contribution in [0.3, 0.4) is 0 Å². The molecule has 0 bridgehead atoms. The first-order valence-corrected chi connectivity index (χ1v) is 9.16. The van der Waals surface area contributed by atoms with Crippen LogP contribution in [0.2, 0.25) is 0 Å². The molecule has 8 nitrogen and oxygen atoms in total. The van der Waals surface area contributed by atoms with Crippen LogP contribution in [0, 0.1) is 5.82 Å². The van der Waals surface area contributed by atoms with Crippen LogP contribution in [0.4, 0.5) is 26.3 Å². The van der Waals surface area contributed by atoms with Gasteiger partial charge in [0.25, 0.3) is 5.91 Å². The molecule has 0 aliphatic carbocycles. The van der Waals surface area contributed by atoms with Gasteiger partial charge in [-0.2, -0.15) is 22.0 Å². The number of benzene rings is 1. The Balaban J connectivity index is 1.73. The standard InChI is InChI=1S/C19H16F6N4O4/c1-29-13(17(31)26-9-18(21,22)19(23,24)25)6-15(27-29)32-8-12-14(7-30)33-28-16(12)10-2-4-11(20)5-3-10/h2-6,30H,7-9H2,1H3,(H,26,31). The summed E-state index contributed by atoms with van der Waals surface area (Å²) in [6, 6.07) is 6.28. The summed E-state index contributed by atoms with van der Waals surface area (Å²) in [7, 11) is 1.26. The summed E-state index contributed by atoms with van der Waals surface area (Å²) in [5.41, 5.74) is 0.674. The molecule has 0 radical (unpaired) electrons. The lowest BCUT2D eigenvalue weighted by Gasteiger charge is -2.19. The molecule has 178 valence electrons. The van der Waals surface area contributed by atoms with Crippen molar-refractivity contribution in [3.63, 3.8) is 0 Å². The summed E-state index contributed by atoms with van der Waals surface area (Å²) in [4.78, 5) is 12.0. The first-order chi connectivity index (χ1) is 15.4. The van der Waals surface area contributed by atoms with Crippen molar-refractivity contribution in [2.75, 3.05) is 6.54 Å². The van der Waals surface area contributed by atoms with Crippen molar-refractivity contribution < 1.29 is 45.5 Å². The number of carbonyl (C=O) groups is 1. The maximum atomic E-state index is 13.2. The predicted molar refractivity (Wildman–Crippen MR) is 98.7 cm³/mol. The van der Waals surface area contributed by atoms with Gasteiger partial charge >= 0.3 is 12.1 Å². The molecule has 3 rings (SSSR count). The van der Waals surface area contributed by atoms with Gasteiger partial charge in [-0.05, 0) is 24.3 Å². The normalized spacial score (nSPS) is 12.1. The highest BCUT2D eigenvalue weighted by molar-refractivity contribution is 5.92. The van der Waals surface area contributed by atoms with E-state index in [1.54, 1.807) is 0 Å². The van der Waals surface area contributed by atoms with Gasteiger partial charge in [-0.15, -0.1) is 5.10 Å². The van der Waals surface area contributed by atoms with Crippen LogP contribution >= 0.6 is 0 Å². The summed E-state index contributed by atoms with van der Waals surface area (Å²) in [5, 5.41) is 18.7. The number of aromatic nitrogens is 3. The van der Waals surface area contributed by atoms with Gasteiger partial charge in [-0.1, -0.05) is 5.16 Å². The molecular weight excluding hydrogens is 462 g/mol. The molecule has 1 amide bonds. The summed E-state index contributed by atoms with van der Waals surface area (Å²) in [6.07, 6.45) is -5.81. The number of ether oxygens (including phenoxy) is 1. The zero-order valence-corrected chi connectivity index (χ0v) is 16.8. The molecule has 0 unspecified atom stereocenters. The van der Waals surface area contributed by atoms with Gasteiger partial charge in [0.1, 0.15) is 30.4 Å². The molecule has 2 N–H and O–H groups in total. The van der Waals surface area contributed by atoms with Crippen LogP contribution in [-0.4, -0.2) is 44.6 Å². The highest BCUT2D eigenvalue weighted by Gasteiger charge is 2.57. The number of alkyl halides is 5. The number of aryl methyl sites for hydroxylation is 1. The van der Waals surface area contributed by atoms with Crippen LogP contribution in [0.5, 0.6) is 5.88 Å². The number of aliphatic hydroxyl groups is 1. The molecule has 3 aromatic rings. The number of amides is 1. The van der Waals surface area contributed by atoms with E-state index >= 15 is 0 Å². The minimum atomic E-state index is -5.81. The lowest BCUT2D eigenvalue weighted by Crippen LogP contribution is -2.47. The zero-order valence-electron chi connectivity index (χ0n) is 16.8. The Morgan fingerprint density at radius 2 is 1.88 bits per heavy atom. The van der Waals surface area contributed by atoms with E-state index in [2.05, 4.69) is 10.3 Å². The maximum absolute atomic E-state index is 13.2. The van der Waals surface area contributed by atoms with Crippen molar-refractivity contribution in [1.82, 2.24) is 20.3 Å². The van der Waals surface area contributed by atoms with Crippen LogP contribution in [0.1, 0.15) is 21.8 Å². The van der Waals surface area contributed by atoms with Crippen molar-refractivity contribution >= 4 is 5.91 Å². The molecule has 2 aromatic heterocycles. The molecule has 1 aromatic carbocycles. The molecule has 0 aliphatic rings. The average Bonchev–Trinajstić information content (AvgIpc) is 3.33. The number of nitrogens with one attached hydrogen (secondary N) is 1. The molecule has 0 atom stereocenters.